The van der Waals surface area contributed by atoms with Crippen LogP contribution in [-0.2, 0) is 11.2 Å². The molecule has 0 fully saturated rings. The predicted molar refractivity (Wildman–Crippen MR) is 113 cm³/mol. The van der Waals surface area contributed by atoms with E-state index in [0.29, 0.717) is 12.8 Å². The van der Waals surface area contributed by atoms with Gasteiger partial charge in [-0.15, -0.1) is 0 Å². The number of hydrogen-bond acceptors (Lipinski definition) is 6. The van der Waals surface area contributed by atoms with Gasteiger partial charge in [-0.25, -0.2) is 5.48 Å². The number of non-ortho nitro benzene ring substituents is 1. The van der Waals surface area contributed by atoms with Crippen LogP contribution in [0.2, 0.25) is 0 Å². The number of nitro groups is 1. The van der Waals surface area contributed by atoms with E-state index in [4.69, 9.17) is 5.21 Å². The summed E-state index contributed by atoms with van der Waals surface area (Å²) in [4.78, 5) is 36.4. The van der Waals surface area contributed by atoms with Gasteiger partial charge in [0, 0.05) is 30.7 Å². The summed E-state index contributed by atoms with van der Waals surface area (Å²) >= 11 is 0. The van der Waals surface area contributed by atoms with E-state index in [-0.39, 0.29) is 24.3 Å². The van der Waals surface area contributed by atoms with Crippen LogP contribution in [0.5, 0.6) is 0 Å². The quantitative estimate of drug-likeness (QED) is 0.286. The minimum Gasteiger partial charge on any atom is -0.394 e. The molecule has 31 heavy (non-hydrogen) atoms. The first kappa shape index (κ1) is 24.0. The molecule has 166 valence electrons. The van der Waals surface area contributed by atoms with Crippen molar-refractivity contribution in [1.29, 1.82) is 0 Å². The molecule has 0 heterocycles. The van der Waals surface area contributed by atoms with E-state index < -0.39 is 28.7 Å². The number of hydroxylamine groups is 1. The molecule has 3 N–H and O–H groups in total. The van der Waals surface area contributed by atoms with Gasteiger partial charge in [0.05, 0.1) is 17.6 Å². The largest absolute Gasteiger partial charge is 0.394 e. The Bertz CT molecular complexity index is 873. The van der Waals surface area contributed by atoms with Crippen LogP contribution in [0.1, 0.15) is 35.2 Å². The Labute approximate surface area is 180 Å². The van der Waals surface area contributed by atoms with Gasteiger partial charge in [-0.2, -0.15) is 0 Å². The number of nitrogens with one attached hydrogen (secondary N) is 1. The monoisotopic (exact) mass is 429 g/mol. The third-order valence-corrected chi connectivity index (χ3v) is 5.30. The Balaban J connectivity index is 2.03. The van der Waals surface area contributed by atoms with Crippen molar-refractivity contribution in [1.82, 2.24) is 10.4 Å². The number of likely N-dealkylation sites (N-methyl/N-ethyl adjacent to an activating group) is 1. The van der Waals surface area contributed by atoms with Crippen molar-refractivity contribution in [3.05, 3.63) is 75.8 Å². The lowest BCUT2D eigenvalue weighted by Gasteiger charge is -2.29. The highest BCUT2D eigenvalue weighted by molar-refractivity contribution is 5.94. The summed E-state index contributed by atoms with van der Waals surface area (Å²) in [6.45, 7) is -0.372. The van der Waals surface area contributed by atoms with Crippen LogP contribution in [0.25, 0.3) is 0 Å². The number of nitro benzene ring substituents is 1. The summed E-state index contributed by atoms with van der Waals surface area (Å²) in [6.07, 6.45) is 2.09. The van der Waals surface area contributed by atoms with Crippen LogP contribution >= 0.6 is 0 Å². The third kappa shape index (κ3) is 6.87. The van der Waals surface area contributed by atoms with Crippen LogP contribution in [0.15, 0.2) is 54.6 Å². The molecule has 2 unspecified atom stereocenters. The first-order valence-corrected chi connectivity index (χ1v) is 9.97. The topological polar surface area (TPSA) is 133 Å². The molecule has 2 aromatic carbocycles. The van der Waals surface area contributed by atoms with Crippen molar-refractivity contribution in [3.8, 4) is 0 Å². The molecule has 0 aromatic heterocycles. The zero-order valence-electron chi connectivity index (χ0n) is 17.3. The molecular formula is C22H27N3O6. The van der Waals surface area contributed by atoms with E-state index in [1.54, 1.807) is 5.48 Å². The van der Waals surface area contributed by atoms with Gasteiger partial charge in [-0.1, -0.05) is 30.3 Å². The lowest BCUT2D eigenvalue weighted by molar-refractivity contribution is -0.384. The molecule has 2 aromatic rings. The Morgan fingerprint density at radius 3 is 2.32 bits per heavy atom. The lowest BCUT2D eigenvalue weighted by atomic mass is 9.92. The highest BCUT2D eigenvalue weighted by atomic mass is 16.6. The highest BCUT2D eigenvalue weighted by Gasteiger charge is 2.27. The average Bonchev–Trinajstić information content (AvgIpc) is 2.80. The number of carbonyl (C=O) groups is 2. The van der Waals surface area contributed by atoms with E-state index in [2.05, 4.69) is 0 Å². The van der Waals surface area contributed by atoms with Gasteiger partial charge in [0.15, 0.2) is 0 Å². The lowest BCUT2D eigenvalue weighted by Crippen LogP contribution is -2.43. The fraction of sp³-hybridized carbons (Fsp3) is 0.364. The maximum absolute atomic E-state index is 12.7. The minimum absolute atomic E-state index is 0.129. The molecule has 2 rings (SSSR count). The molecule has 0 saturated heterocycles. The van der Waals surface area contributed by atoms with Gasteiger partial charge in [0.25, 0.3) is 11.6 Å². The molecule has 0 spiro atoms. The van der Waals surface area contributed by atoms with Crippen molar-refractivity contribution >= 4 is 17.5 Å². The third-order valence-electron chi connectivity index (χ3n) is 5.30. The van der Waals surface area contributed by atoms with Crippen LogP contribution < -0.4 is 5.48 Å². The summed E-state index contributed by atoms with van der Waals surface area (Å²) in [5.74, 6) is -1.60. The van der Waals surface area contributed by atoms with Gasteiger partial charge >= 0.3 is 0 Å². The highest BCUT2D eigenvalue weighted by Crippen LogP contribution is 2.21. The fourth-order valence-corrected chi connectivity index (χ4v) is 3.42. The second-order valence-electron chi connectivity index (χ2n) is 7.34. The molecule has 0 radical (unpaired) electrons. The van der Waals surface area contributed by atoms with Crippen LogP contribution in [-0.4, -0.2) is 51.6 Å². The van der Waals surface area contributed by atoms with Crippen molar-refractivity contribution in [2.24, 2.45) is 5.92 Å². The average molecular weight is 429 g/mol. The maximum atomic E-state index is 12.7. The molecule has 2 amide bonds. The molecule has 9 heteroatoms. The van der Waals surface area contributed by atoms with Crippen LogP contribution in [0.3, 0.4) is 0 Å². The molecule has 0 aliphatic heterocycles. The number of aliphatic hydroxyl groups excluding tert-OH is 1. The molecule has 0 aliphatic rings. The standard InChI is InChI=1S/C22H27N3O6/c1-24(22(28)17-10-12-19(13-11-17)25(30)31)20(15-26)14-18(21(27)23-29)9-5-8-16-6-3-2-4-7-16/h2-4,6-7,10-13,18,20,26,29H,5,8-9,14-15H2,1H3,(H,23,27). The molecule has 0 saturated carbocycles. The van der Waals surface area contributed by atoms with Crippen molar-refractivity contribution in [3.63, 3.8) is 0 Å². The zero-order chi connectivity index (χ0) is 22.8. The summed E-state index contributed by atoms with van der Waals surface area (Å²) in [5, 5.41) is 29.7. The van der Waals surface area contributed by atoms with Crippen LogP contribution in [0, 0.1) is 16.0 Å². The van der Waals surface area contributed by atoms with E-state index >= 15 is 0 Å². The number of rotatable bonds is 11. The molecule has 9 nitrogen and oxygen atoms in total. The van der Waals surface area contributed by atoms with Gasteiger partial charge in [-0.3, -0.25) is 24.9 Å². The Morgan fingerprint density at radius 2 is 1.77 bits per heavy atom. The second-order valence-corrected chi connectivity index (χ2v) is 7.34. The first-order valence-electron chi connectivity index (χ1n) is 9.97. The number of amides is 2. The van der Waals surface area contributed by atoms with Gasteiger partial charge < -0.3 is 10.0 Å². The van der Waals surface area contributed by atoms with Gasteiger partial charge in [0.1, 0.15) is 0 Å². The molecule has 2 atom stereocenters. The van der Waals surface area contributed by atoms with Gasteiger partial charge in [-0.05, 0) is 43.4 Å². The van der Waals surface area contributed by atoms with E-state index in [1.807, 2.05) is 30.3 Å². The number of hydrogen-bond donors (Lipinski definition) is 3. The van der Waals surface area contributed by atoms with E-state index in [9.17, 15) is 24.8 Å². The Hall–Kier alpha value is -3.30. The Kier molecular flexibility index (Phi) is 9.11. The Morgan fingerprint density at radius 1 is 1.13 bits per heavy atom. The van der Waals surface area contributed by atoms with Crippen molar-refractivity contribution in [2.45, 2.75) is 31.7 Å². The predicted octanol–water partition coefficient (Wildman–Crippen LogP) is 2.56. The zero-order valence-corrected chi connectivity index (χ0v) is 17.3. The van der Waals surface area contributed by atoms with Crippen molar-refractivity contribution in [2.75, 3.05) is 13.7 Å². The van der Waals surface area contributed by atoms with Crippen molar-refractivity contribution < 1.29 is 24.8 Å². The maximum Gasteiger partial charge on any atom is 0.269 e. The fourth-order valence-electron chi connectivity index (χ4n) is 3.42. The minimum atomic E-state index is -0.665. The SMILES string of the molecule is CN(C(=O)c1ccc([N+](=O)[O-])cc1)C(CO)CC(CCCc1ccccc1)C(=O)NO. The molecular weight excluding hydrogens is 402 g/mol. The number of benzene rings is 2. The summed E-state index contributed by atoms with van der Waals surface area (Å²) < 4.78 is 0. The number of carbonyl (C=O) groups excluding carboxylic acids is 2. The summed E-state index contributed by atoms with van der Waals surface area (Å²) in [5.41, 5.74) is 2.91. The van der Waals surface area contributed by atoms with E-state index in [1.165, 1.54) is 36.2 Å². The number of aliphatic hydroxyl groups is 1. The van der Waals surface area contributed by atoms with Gasteiger partial charge in [0.2, 0.25) is 5.91 Å². The first-order chi connectivity index (χ1) is 14.9. The second kappa shape index (κ2) is 11.8. The number of aryl methyl sites for hydroxylation is 1. The van der Waals surface area contributed by atoms with E-state index in [0.717, 1.165) is 12.0 Å². The number of nitrogens with zero attached hydrogens (tertiary/aromatic N) is 2. The van der Waals surface area contributed by atoms with Crippen LogP contribution in [0.4, 0.5) is 5.69 Å². The molecule has 0 aliphatic carbocycles. The molecule has 0 bridgehead atoms. The summed E-state index contributed by atoms with van der Waals surface area (Å²) in [7, 11) is 1.50. The summed E-state index contributed by atoms with van der Waals surface area (Å²) in [6, 6.07) is 14.3. The normalized spacial score (nSPS) is 12.6. The smallest absolute Gasteiger partial charge is 0.269 e.